The molecule has 39 heavy (non-hydrogen) atoms. The Morgan fingerprint density at radius 1 is 1.10 bits per heavy atom. The van der Waals surface area contributed by atoms with Crippen LogP contribution in [-0.4, -0.2) is 58.6 Å². The van der Waals surface area contributed by atoms with Crippen LogP contribution in [0.4, 0.5) is 5.82 Å². The van der Waals surface area contributed by atoms with Crippen molar-refractivity contribution in [2.75, 3.05) is 38.1 Å². The highest BCUT2D eigenvalue weighted by Gasteiger charge is 2.21. The maximum atomic E-state index is 13.6. The fourth-order valence-corrected chi connectivity index (χ4v) is 5.89. The Kier molecular flexibility index (Phi) is 7.64. The lowest BCUT2D eigenvalue weighted by Crippen LogP contribution is -2.44. The molecule has 1 fully saturated rings. The molecule has 1 aromatic carbocycles. The molecule has 0 radical (unpaired) electrons. The number of piperazine rings is 1. The quantitative estimate of drug-likeness (QED) is 0.329. The molecule has 1 aliphatic heterocycles. The summed E-state index contributed by atoms with van der Waals surface area (Å²) in [6.07, 6.45) is 3.92. The van der Waals surface area contributed by atoms with Gasteiger partial charge in [-0.2, -0.15) is 0 Å². The molecule has 5 rings (SSSR count). The molecule has 4 heterocycles. The lowest BCUT2D eigenvalue weighted by molar-refractivity contribution is 0.0952. The average Bonchev–Trinajstić information content (AvgIpc) is 3.24. The number of aromatic amines is 1. The standard InChI is InChI=1S/C30H35BrN6O2/c1-18(2)37-17-25(31)28-23(29(38)33-16-24-19(3)12-20(4)34-30(24)39)13-22(14-26(28)37)21-6-7-27(32-15-21)36-10-8-35(5)9-11-36/h6-7,12-15,17-18H,8-11,16H2,1-5H3,(H,33,38)(H,34,39). The zero-order valence-electron chi connectivity index (χ0n) is 23.1. The first-order valence-electron chi connectivity index (χ1n) is 13.3. The smallest absolute Gasteiger partial charge is 0.253 e. The first-order chi connectivity index (χ1) is 18.6. The zero-order valence-corrected chi connectivity index (χ0v) is 24.7. The third-order valence-electron chi connectivity index (χ3n) is 7.52. The van der Waals surface area contributed by atoms with Crippen molar-refractivity contribution >= 4 is 38.6 Å². The Bertz CT molecular complexity index is 1580. The summed E-state index contributed by atoms with van der Waals surface area (Å²) in [5.41, 5.74) is 5.42. The predicted octanol–water partition coefficient (Wildman–Crippen LogP) is 5.03. The normalized spacial score (nSPS) is 14.4. The molecule has 0 atom stereocenters. The lowest BCUT2D eigenvalue weighted by atomic mass is 10.00. The van der Waals surface area contributed by atoms with Gasteiger partial charge in [-0.1, -0.05) is 0 Å². The molecule has 1 saturated heterocycles. The number of carbonyl (C=O) groups is 1. The van der Waals surface area contributed by atoms with Crippen LogP contribution in [0.25, 0.3) is 22.0 Å². The van der Waals surface area contributed by atoms with E-state index in [1.165, 1.54) is 0 Å². The number of hydrogen-bond donors (Lipinski definition) is 2. The fraction of sp³-hybridized carbons (Fsp3) is 0.367. The molecule has 4 aromatic rings. The van der Waals surface area contributed by atoms with E-state index in [0.29, 0.717) is 11.1 Å². The van der Waals surface area contributed by atoms with Crippen LogP contribution in [0.3, 0.4) is 0 Å². The maximum Gasteiger partial charge on any atom is 0.253 e. The molecular formula is C30H35BrN6O2. The van der Waals surface area contributed by atoms with E-state index in [9.17, 15) is 9.59 Å². The fourth-order valence-electron chi connectivity index (χ4n) is 5.26. The highest BCUT2D eigenvalue weighted by atomic mass is 79.9. The number of amides is 1. The largest absolute Gasteiger partial charge is 0.354 e. The zero-order chi connectivity index (χ0) is 27.8. The predicted molar refractivity (Wildman–Crippen MR) is 161 cm³/mol. The van der Waals surface area contributed by atoms with Crippen LogP contribution in [0, 0.1) is 13.8 Å². The SMILES string of the molecule is Cc1cc(C)c(CNC(=O)c2cc(-c3ccc(N4CCN(C)CC4)nc3)cc3c2c(Br)cn3C(C)C)c(=O)[nH]1. The van der Waals surface area contributed by atoms with Crippen molar-refractivity contribution in [3.05, 3.63) is 79.9 Å². The van der Waals surface area contributed by atoms with Crippen molar-refractivity contribution in [1.29, 1.82) is 0 Å². The van der Waals surface area contributed by atoms with Gasteiger partial charge in [0, 0.05) is 77.8 Å². The number of likely N-dealkylation sites (N-methyl/N-ethyl adjacent to an activating group) is 1. The summed E-state index contributed by atoms with van der Waals surface area (Å²) < 4.78 is 3.02. The third kappa shape index (κ3) is 5.51. The Morgan fingerprint density at radius 2 is 1.85 bits per heavy atom. The minimum Gasteiger partial charge on any atom is -0.354 e. The number of fused-ring (bicyclic) bond motifs is 1. The van der Waals surface area contributed by atoms with Gasteiger partial charge in [0.15, 0.2) is 0 Å². The summed E-state index contributed by atoms with van der Waals surface area (Å²) in [6.45, 7) is 12.1. The number of aromatic nitrogens is 3. The molecular weight excluding hydrogens is 556 g/mol. The Labute approximate surface area is 237 Å². The molecule has 1 amide bonds. The molecule has 8 nitrogen and oxygen atoms in total. The van der Waals surface area contributed by atoms with Gasteiger partial charge >= 0.3 is 0 Å². The van der Waals surface area contributed by atoms with Gasteiger partial charge in [-0.05, 0) is 92.1 Å². The molecule has 204 valence electrons. The van der Waals surface area contributed by atoms with Gasteiger partial charge in [-0.15, -0.1) is 0 Å². The van der Waals surface area contributed by atoms with Crippen LogP contribution in [0.1, 0.15) is 47.1 Å². The van der Waals surface area contributed by atoms with Crippen LogP contribution in [0.2, 0.25) is 0 Å². The van der Waals surface area contributed by atoms with Gasteiger partial charge in [0.2, 0.25) is 0 Å². The van der Waals surface area contributed by atoms with Crippen LogP contribution in [-0.2, 0) is 6.54 Å². The molecule has 2 N–H and O–H groups in total. The number of pyridine rings is 2. The van der Waals surface area contributed by atoms with Crippen LogP contribution < -0.4 is 15.8 Å². The van der Waals surface area contributed by atoms with E-state index in [0.717, 1.165) is 69.8 Å². The highest BCUT2D eigenvalue weighted by molar-refractivity contribution is 9.10. The van der Waals surface area contributed by atoms with Crippen LogP contribution in [0.5, 0.6) is 0 Å². The van der Waals surface area contributed by atoms with Crippen molar-refractivity contribution in [2.45, 2.75) is 40.3 Å². The molecule has 0 spiro atoms. The van der Waals surface area contributed by atoms with E-state index in [1.807, 2.05) is 38.4 Å². The van der Waals surface area contributed by atoms with Gasteiger partial charge in [-0.25, -0.2) is 4.98 Å². The van der Waals surface area contributed by atoms with E-state index >= 15 is 0 Å². The summed E-state index contributed by atoms with van der Waals surface area (Å²) in [5.74, 6) is 0.739. The summed E-state index contributed by atoms with van der Waals surface area (Å²) in [4.78, 5) is 38.4. The molecule has 1 aliphatic rings. The van der Waals surface area contributed by atoms with E-state index in [1.54, 1.807) is 0 Å². The Hall–Kier alpha value is -3.43. The van der Waals surface area contributed by atoms with E-state index in [4.69, 9.17) is 4.98 Å². The van der Waals surface area contributed by atoms with E-state index < -0.39 is 0 Å². The number of halogens is 1. The molecule has 0 saturated carbocycles. The minimum absolute atomic E-state index is 0.149. The topological polar surface area (TPSA) is 86.3 Å². The maximum absolute atomic E-state index is 13.6. The van der Waals surface area contributed by atoms with Gasteiger partial charge in [-0.3, -0.25) is 9.59 Å². The average molecular weight is 592 g/mol. The summed E-state index contributed by atoms with van der Waals surface area (Å²) in [6, 6.07) is 10.3. The van der Waals surface area contributed by atoms with Crippen molar-refractivity contribution in [3.8, 4) is 11.1 Å². The van der Waals surface area contributed by atoms with Crippen molar-refractivity contribution in [1.82, 2.24) is 24.8 Å². The molecule has 0 bridgehead atoms. The summed E-state index contributed by atoms with van der Waals surface area (Å²) >= 11 is 3.69. The molecule has 9 heteroatoms. The van der Waals surface area contributed by atoms with E-state index in [-0.39, 0.29) is 24.1 Å². The Morgan fingerprint density at radius 3 is 2.49 bits per heavy atom. The number of anilines is 1. The number of rotatable bonds is 6. The number of benzene rings is 1. The number of hydrogen-bond acceptors (Lipinski definition) is 5. The highest BCUT2D eigenvalue weighted by Crippen LogP contribution is 2.36. The third-order valence-corrected chi connectivity index (χ3v) is 8.12. The number of nitrogens with zero attached hydrogens (tertiary/aromatic N) is 4. The number of carbonyl (C=O) groups excluding carboxylic acids is 1. The second kappa shape index (κ2) is 11.0. The minimum atomic E-state index is -0.231. The van der Waals surface area contributed by atoms with E-state index in [2.05, 4.69) is 79.7 Å². The van der Waals surface area contributed by atoms with Crippen molar-refractivity contribution in [3.63, 3.8) is 0 Å². The number of aryl methyl sites for hydroxylation is 2. The summed E-state index contributed by atoms with van der Waals surface area (Å²) in [7, 11) is 2.14. The van der Waals surface area contributed by atoms with Crippen molar-refractivity contribution in [2.24, 2.45) is 0 Å². The second-order valence-electron chi connectivity index (χ2n) is 10.7. The van der Waals surface area contributed by atoms with Gasteiger partial charge in [0.05, 0.1) is 11.1 Å². The van der Waals surface area contributed by atoms with Gasteiger partial charge in [0.25, 0.3) is 11.5 Å². The van der Waals surface area contributed by atoms with Crippen molar-refractivity contribution < 1.29 is 4.79 Å². The Balaban J connectivity index is 1.51. The lowest BCUT2D eigenvalue weighted by Gasteiger charge is -2.33. The molecule has 0 aliphatic carbocycles. The first kappa shape index (κ1) is 27.1. The van der Waals surface area contributed by atoms with Gasteiger partial charge < -0.3 is 24.7 Å². The van der Waals surface area contributed by atoms with Gasteiger partial charge in [0.1, 0.15) is 5.82 Å². The molecule has 0 unspecified atom stereocenters. The molecule has 3 aromatic heterocycles. The number of H-pyrrole nitrogens is 1. The number of nitrogens with one attached hydrogen (secondary N) is 2. The monoisotopic (exact) mass is 590 g/mol. The first-order valence-corrected chi connectivity index (χ1v) is 14.1. The summed E-state index contributed by atoms with van der Waals surface area (Å²) in [5, 5.41) is 3.84. The van der Waals surface area contributed by atoms with Crippen LogP contribution in [0.15, 0.2) is 52.0 Å². The second-order valence-corrected chi connectivity index (χ2v) is 11.6. The van der Waals surface area contributed by atoms with Crippen LogP contribution >= 0.6 is 15.9 Å².